The van der Waals surface area contributed by atoms with Crippen molar-refractivity contribution >= 4 is 5.69 Å². The van der Waals surface area contributed by atoms with Crippen LogP contribution >= 0.6 is 0 Å². The van der Waals surface area contributed by atoms with Crippen LogP contribution in [0.25, 0.3) is 0 Å². The number of aliphatic hydroxyl groups excluding tert-OH is 1. The van der Waals surface area contributed by atoms with Gasteiger partial charge in [0, 0.05) is 30.4 Å². The van der Waals surface area contributed by atoms with Crippen LogP contribution in [-0.2, 0) is 19.1 Å². The molecule has 3 nitrogen and oxygen atoms in total. The van der Waals surface area contributed by atoms with Gasteiger partial charge in [0.1, 0.15) is 17.3 Å². The lowest BCUT2D eigenvalue weighted by Gasteiger charge is -2.29. The predicted octanol–water partition coefficient (Wildman–Crippen LogP) is 7.22. The quantitative estimate of drug-likeness (QED) is 0.332. The van der Waals surface area contributed by atoms with Crippen molar-refractivity contribution in [3.63, 3.8) is 0 Å². The zero-order chi connectivity index (χ0) is 24.9. The van der Waals surface area contributed by atoms with Crippen LogP contribution in [-0.4, -0.2) is 17.8 Å². The summed E-state index contributed by atoms with van der Waals surface area (Å²) in [6, 6.07) is 17.4. The molecule has 3 aromatic rings. The Bertz CT molecular complexity index is 1100. The van der Waals surface area contributed by atoms with Gasteiger partial charge >= 0.3 is 6.18 Å². The van der Waals surface area contributed by atoms with Crippen LogP contribution in [0.2, 0.25) is 0 Å². The zero-order valence-corrected chi connectivity index (χ0v) is 19.4. The second-order valence-electron chi connectivity index (χ2n) is 8.60. The van der Waals surface area contributed by atoms with E-state index in [-0.39, 0.29) is 24.6 Å². The summed E-state index contributed by atoms with van der Waals surface area (Å²) >= 11 is 0. The standard InChI is InChI=1S/C27H29F4NO2/c1-4-19-7-5-9-23(13-19)34-24-10-6-8-22(15-24)32(17-26(33)18(2)3)16-20-11-12-21(14-25(20)28)27(29,30)31/h5-15,18,26,33H,4,16-17H2,1-3H3. The summed E-state index contributed by atoms with van der Waals surface area (Å²) in [7, 11) is 0. The molecule has 1 N–H and O–H groups in total. The number of rotatable bonds is 9. The molecule has 0 heterocycles. The van der Waals surface area contributed by atoms with Gasteiger partial charge < -0.3 is 14.7 Å². The third kappa shape index (κ3) is 6.73. The van der Waals surface area contributed by atoms with E-state index in [9.17, 15) is 22.7 Å². The number of nitrogens with zero attached hydrogens (tertiary/aromatic N) is 1. The van der Waals surface area contributed by atoms with Gasteiger partial charge in [0.05, 0.1) is 11.7 Å². The number of aryl methyl sites for hydroxylation is 1. The van der Waals surface area contributed by atoms with Crippen molar-refractivity contribution in [1.82, 2.24) is 0 Å². The Balaban J connectivity index is 1.89. The van der Waals surface area contributed by atoms with E-state index < -0.39 is 23.7 Å². The smallest absolute Gasteiger partial charge is 0.416 e. The lowest BCUT2D eigenvalue weighted by atomic mass is 10.1. The largest absolute Gasteiger partial charge is 0.457 e. The Kier molecular flexibility index (Phi) is 8.20. The van der Waals surface area contributed by atoms with E-state index >= 15 is 0 Å². The van der Waals surface area contributed by atoms with Gasteiger partial charge in [0.2, 0.25) is 0 Å². The molecule has 0 amide bonds. The highest BCUT2D eigenvalue weighted by molar-refractivity contribution is 5.52. The van der Waals surface area contributed by atoms with Crippen molar-refractivity contribution in [2.45, 2.75) is 46.0 Å². The Morgan fingerprint density at radius 2 is 1.62 bits per heavy atom. The third-order valence-corrected chi connectivity index (χ3v) is 5.64. The first-order chi connectivity index (χ1) is 16.1. The van der Waals surface area contributed by atoms with E-state index in [1.165, 1.54) is 0 Å². The maximum atomic E-state index is 14.6. The first kappa shape index (κ1) is 25.6. The predicted molar refractivity (Wildman–Crippen MR) is 126 cm³/mol. The van der Waals surface area contributed by atoms with Crippen molar-refractivity contribution in [3.05, 3.63) is 89.2 Å². The lowest BCUT2D eigenvalue weighted by molar-refractivity contribution is -0.137. The molecule has 0 radical (unpaired) electrons. The molecule has 3 rings (SSSR count). The molecule has 0 aliphatic rings. The number of alkyl halides is 3. The van der Waals surface area contributed by atoms with Gasteiger partial charge in [-0.05, 0) is 54.3 Å². The van der Waals surface area contributed by atoms with Gasteiger partial charge in [-0.2, -0.15) is 13.2 Å². The van der Waals surface area contributed by atoms with E-state index in [0.717, 1.165) is 24.1 Å². The summed E-state index contributed by atoms with van der Waals surface area (Å²) in [5.41, 5.74) is 0.856. The molecule has 7 heteroatoms. The van der Waals surface area contributed by atoms with E-state index in [1.54, 1.807) is 29.2 Å². The molecule has 0 bridgehead atoms. The fourth-order valence-corrected chi connectivity index (χ4v) is 3.46. The topological polar surface area (TPSA) is 32.7 Å². The van der Waals surface area contributed by atoms with Crippen LogP contribution in [0, 0.1) is 11.7 Å². The van der Waals surface area contributed by atoms with Crippen molar-refractivity contribution < 1.29 is 27.4 Å². The molecule has 1 unspecified atom stereocenters. The fraction of sp³-hybridized carbons (Fsp3) is 0.333. The highest BCUT2D eigenvalue weighted by Crippen LogP contribution is 2.32. The Hall–Kier alpha value is -3.06. The minimum absolute atomic E-state index is 0.0114. The Morgan fingerprint density at radius 3 is 2.24 bits per heavy atom. The summed E-state index contributed by atoms with van der Waals surface area (Å²) in [6.07, 6.45) is -4.46. The minimum atomic E-state index is -4.62. The summed E-state index contributed by atoms with van der Waals surface area (Å²) < 4.78 is 59.4. The number of anilines is 1. The van der Waals surface area contributed by atoms with Crippen LogP contribution in [0.5, 0.6) is 11.5 Å². The van der Waals surface area contributed by atoms with Crippen molar-refractivity contribution in [2.24, 2.45) is 5.92 Å². The van der Waals surface area contributed by atoms with Crippen LogP contribution < -0.4 is 9.64 Å². The van der Waals surface area contributed by atoms with Crippen molar-refractivity contribution in [1.29, 1.82) is 0 Å². The summed E-state index contributed by atoms with van der Waals surface area (Å²) in [6.45, 7) is 5.94. The van der Waals surface area contributed by atoms with Gasteiger partial charge in [0.15, 0.2) is 0 Å². The first-order valence-electron chi connectivity index (χ1n) is 11.2. The number of halogens is 4. The van der Waals surface area contributed by atoms with Crippen molar-refractivity contribution in [3.8, 4) is 11.5 Å². The average Bonchev–Trinajstić information content (AvgIpc) is 2.79. The summed E-state index contributed by atoms with van der Waals surface area (Å²) in [4.78, 5) is 1.74. The highest BCUT2D eigenvalue weighted by Gasteiger charge is 2.31. The van der Waals surface area contributed by atoms with Crippen molar-refractivity contribution in [2.75, 3.05) is 11.4 Å². The maximum Gasteiger partial charge on any atom is 0.416 e. The van der Waals surface area contributed by atoms with Gasteiger partial charge in [-0.3, -0.25) is 0 Å². The molecule has 0 saturated heterocycles. The van der Waals surface area contributed by atoms with Crippen LogP contribution in [0.15, 0.2) is 66.7 Å². The molecule has 1 atom stereocenters. The SMILES string of the molecule is CCc1cccc(Oc2cccc(N(Cc3ccc(C(F)(F)F)cc3F)CC(O)C(C)C)c2)c1. The second kappa shape index (κ2) is 10.9. The maximum absolute atomic E-state index is 14.6. The van der Waals surface area contributed by atoms with Crippen LogP contribution in [0.1, 0.15) is 37.5 Å². The second-order valence-corrected chi connectivity index (χ2v) is 8.60. The molecule has 3 aromatic carbocycles. The average molecular weight is 476 g/mol. The first-order valence-corrected chi connectivity index (χ1v) is 11.2. The summed E-state index contributed by atoms with van der Waals surface area (Å²) in [5.74, 6) is 0.237. The molecule has 0 saturated carbocycles. The molecule has 0 fully saturated rings. The molecular weight excluding hydrogens is 446 g/mol. The molecule has 0 aliphatic heterocycles. The highest BCUT2D eigenvalue weighted by atomic mass is 19.4. The minimum Gasteiger partial charge on any atom is -0.457 e. The Labute approximate surface area is 197 Å². The molecule has 34 heavy (non-hydrogen) atoms. The number of benzene rings is 3. The molecule has 0 aromatic heterocycles. The molecule has 0 aliphatic carbocycles. The number of ether oxygens (including phenoxy) is 1. The van der Waals surface area contributed by atoms with E-state index in [1.807, 2.05) is 38.1 Å². The van der Waals surface area contributed by atoms with Gasteiger partial charge in [-0.1, -0.05) is 45.0 Å². The van der Waals surface area contributed by atoms with Gasteiger partial charge in [0.25, 0.3) is 0 Å². The fourth-order valence-electron chi connectivity index (χ4n) is 3.46. The lowest BCUT2D eigenvalue weighted by Crippen LogP contribution is -2.35. The number of hydrogen-bond donors (Lipinski definition) is 1. The van der Waals surface area contributed by atoms with E-state index in [2.05, 4.69) is 6.92 Å². The number of hydrogen-bond acceptors (Lipinski definition) is 3. The monoisotopic (exact) mass is 475 g/mol. The molecule has 0 spiro atoms. The van der Waals surface area contributed by atoms with E-state index in [4.69, 9.17) is 4.74 Å². The molecular formula is C27H29F4NO2. The summed E-state index contributed by atoms with van der Waals surface area (Å²) in [5, 5.41) is 10.5. The van der Waals surface area contributed by atoms with Crippen LogP contribution in [0.4, 0.5) is 23.2 Å². The van der Waals surface area contributed by atoms with Gasteiger partial charge in [-0.25, -0.2) is 4.39 Å². The normalized spacial score (nSPS) is 12.6. The van der Waals surface area contributed by atoms with Gasteiger partial charge in [-0.15, -0.1) is 0 Å². The Morgan fingerprint density at radius 1 is 0.941 bits per heavy atom. The van der Waals surface area contributed by atoms with E-state index in [0.29, 0.717) is 23.3 Å². The van der Waals surface area contributed by atoms with Crippen LogP contribution in [0.3, 0.4) is 0 Å². The third-order valence-electron chi connectivity index (χ3n) is 5.64. The zero-order valence-electron chi connectivity index (χ0n) is 19.4. The number of aliphatic hydroxyl groups is 1. The molecule has 182 valence electrons.